The Morgan fingerprint density at radius 3 is 2.77 bits per heavy atom. The summed E-state index contributed by atoms with van der Waals surface area (Å²) in [5.74, 6) is 0.250. The largest absolute Gasteiger partial charge is 0.496 e. The summed E-state index contributed by atoms with van der Waals surface area (Å²) in [6, 6.07) is 14.7. The van der Waals surface area contributed by atoms with Crippen molar-refractivity contribution in [1.29, 1.82) is 5.26 Å². The molecule has 1 aromatic heterocycles. The molecule has 0 spiro atoms. The van der Waals surface area contributed by atoms with Gasteiger partial charge in [-0.15, -0.1) is 0 Å². The Morgan fingerprint density at radius 1 is 1.27 bits per heavy atom. The summed E-state index contributed by atoms with van der Waals surface area (Å²) in [7, 11) is 1.52. The lowest BCUT2D eigenvalue weighted by Crippen LogP contribution is -2.12. The standard InChI is InChI=1S/C17H11BrN2O2/c1-22-16-7-6-12(18)8-14(16)17(21)20-10-11(9-19)13-4-2-3-5-15(13)20/h2-8,10H,1H3. The Bertz CT molecular complexity index is 922. The fourth-order valence-corrected chi connectivity index (χ4v) is 2.77. The third kappa shape index (κ3) is 2.28. The van der Waals surface area contributed by atoms with Crippen molar-refractivity contribution in [2.24, 2.45) is 0 Å². The molecule has 0 saturated heterocycles. The van der Waals surface area contributed by atoms with Crippen LogP contribution in [0.15, 0.2) is 53.1 Å². The molecule has 0 radical (unpaired) electrons. The van der Waals surface area contributed by atoms with Gasteiger partial charge in [-0.3, -0.25) is 9.36 Å². The van der Waals surface area contributed by atoms with Gasteiger partial charge in [0, 0.05) is 16.1 Å². The number of ether oxygens (including phenoxy) is 1. The number of carbonyl (C=O) groups excluding carboxylic acids is 1. The summed E-state index contributed by atoms with van der Waals surface area (Å²) in [5, 5.41) is 10.00. The lowest BCUT2D eigenvalue weighted by atomic mass is 10.2. The van der Waals surface area contributed by atoms with E-state index < -0.39 is 0 Å². The first-order chi connectivity index (χ1) is 10.7. The van der Waals surface area contributed by atoms with Gasteiger partial charge >= 0.3 is 0 Å². The lowest BCUT2D eigenvalue weighted by molar-refractivity contribution is 0.0962. The molecule has 3 rings (SSSR count). The molecule has 0 N–H and O–H groups in total. The Hall–Kier alpha value is -2.58. The van der Waals surface area contributed by atoms with Crippen molar-refractivity contribution in [3.63, 3.8) is 0 Å². The number of halogens is 1. The number of rotatable bonds is 2. The predicted octanol–water partition coefficient (Wildman–Crippen LogP) is 3.97. The van der Waals surface area contributed by atoms with Crippen LogP contribution >= 0.6 is 15.9 Å². The molecule has 1 heterocycles. The first kappa shape index (κ1) is 14.4. The molecule has 0 saturated carbocycles. The van der Waals surface area contributed by atoms with E-state index >= 15 is 0 Å². The average molecular weight is 355 g/mol. The third-order valence-corrected chi connectivity index (χ3v) is 3.94. The molecule has 22 heavy (non-hydrogen) atoms. The van der Waals surface area contributed by atoms with Crippen LogP contribution in [-0.2, 0) is 0 Å². The van der Waals surface area contributed by atoms with Crippen molar-refractivity contribution in [2.45, 2.75) is 0 Å². The van der Waals surface area contributed by atoms with Gasteiger partial charge in [0.25, 0.3) is 5.91 Å². The number of aromatic nitrogens is 1. The van der Waals surface area contributed by atoms with E-state index in [9.17, 15) is 10.1 Å². The summed E-state index contributed by atoms with van der Waals surface area (Å²) >= 11 is 3.37. The van der Waals surface area contributed by atoms with Crippen molar-refractivity contribution < 1.29 is 9.53 Å². The van der Waals surface area contributed by atoms with Crippen LogP contribution in [-0.4, -0.2) is 17.6 Å². The van der Waals surface area contributed by atoms with Gasteiger partial charge in [-0.2, -0.15) is 5.26 Å². The van der Waals surface area contributed by atoms with E-state index in [4.69, 9.17) is 4.74 Å². The topological polar surface area (TPSA) is 55.0 Å². The van der Waals surface area contributed by atoms with Crippen LogP contribution in [0.1, 0.15) is 15.9 Å². The lowest BCUT2D eigenvalue weighted by Gasteiger charge is -2.09. The van der Waals surface area contributed by atoms with E-state index in [2.05, 4.69) is 22.0 Å². The molecule has 0 aliphatic carbocycles. The van der Waals surface area contributed by atoms with Gasteiger partial charge < -0.3 is 4.74 Å². The van der Waals surface area contributed by atoms with Crippen LogP contribution in [0.5, 0.6) is 5.75 Å². The van der Waals surface area contributed by atoms with Crippen LogP contribution in [0.2, 0.25) is 0 Å². The van der Waals surface area contributed by atoms with Crippen molar-refractivity contribution in [3.05, 3.63) is 64.3 Å². The molecule has 3 aromatic rings. The number of nitrogens with zero attached hydrogens (tertiary/aromatic N) is 2. The number of carbonyl (C=O) groups is 1. The molecule has 0 atom stereocenters. The van der Waals surface area contributed by atoms with Gasteiger partial charge in [-0.1, -0.05) is 34.1 Å². The summed E-state index contributed by atoms with van der Waals surface area (Å²) in [4.78, 5) is 12.9. The minimum Gasteiger partial charge on any atom is -0.496 e. The monoisotopic (exact) mass is 354 g/mol. The molecular weight excluding hydrogens is 344 g/mol. The number of para-hydroxylation sites is 1. The van der Waals surface area contributed by atoms with Gasteiger partial charge in [0.15, 0.2) is 0 Å². The summed E-state index contributed by atoms with van der Waals surface area (Å²) in [6.45, 7) is 0. The summed E-state index contributed by atoms with van der Waals surface area (Å²) in [5.41, 5.74) is 1.60. The Kier molecular flexibility index (Phi) is 3.70. The van der Waals surface area contributed by atoms with Crippen molar-refractivity contribution >= 4 is 32.7 Å². The maximum Gasteiger partial charge on any atom is 0.266 e. The molecule has 0 bridgehead atoms. The number of fused-ring (bicyclic) bond motifs is 1. The highest BCUT2D eigenvalue weighted by Gasteiger charge is 2.18. The number of hydrogen-bond acceptors (Lipinski definition) is 3. The van der Waals surface area contributed by atoms with Crippen LogP contribution in [0.25, 0.3) is 10.9 Å². The average Bonchev–Trinajstić information content (AvgIpc) is 2.93. The maximum absolute atomic E-state index is 12.9. The quantitative estimate of drug-likeness (QED) is 0.699. The molecule has 0 aliphatic rings. The summed E-state index contributed by atoms with van der Waals surface area (Å²) < 4.78 is 7.54. The molecule has 108 valence electrons. The van der Waals surface area contributed by atoms with Crippen molar-refractivity contribution in [2.75, 3.05) is 7.11 Å². The normalized spacial score (nSPS) is 10.4. The minimum atomic E-state index is -0.240. The fraction of sp³-hybridized carbons (Fsp3) is 0.0588. The molecular formula is C17H11BrN2O2. The second-order valence-electron chi connectivity index (χ2n) is 4.69. The fourth-order valence-electron chi connectivity index (χ4n) is 2.41. The van der Waals surface area contributed by atoms with E-state index in [0.29, 0.717) is 22.4 Å². The minimum absolute atomic E-state index is 0.240. The second kappa shape index (κ2) is 5.66. The zero-order valence-corrected chi connectivity index (χ0v) is 13.3. The van der Waals surface area contributed by atoms with Gasteiger partial charge in [-0.05, 0) is 24.3 Å². The second-order valence-corrected chi connectivity index (χ2v) is 5.61. The van der Waals surface area contributed by atoms with E-state index in [1.807, 2.05) is 30.3 Å². The van der Waals surface area contributed by atoms with Crippen LogP contribution in [0, 0.1) is 11.3 Å². The Balaban J connectivity index is 2.22. The van der Waals surface area contributed by atoms with Gasteiger partial charge in [0.05, 0.1) is 23.8 Å². The maximum atomic E-state index is 12.9. The first-order valence-electron chi connectivity index (χ1n) is 6.54. The SMILES string of the molecule is COc1ccc(Br)cc1C(=O)n1cc(C#N)c2ccccc21. The third-order valence-electron chi connectivity index (χ3n) is 3.44. The predicted molar refractivity (Wildman–Crippen MR) is 87.1 cm³/mol. The molecule has 2 aromatic carbocycles. The Labute approximate surface area is 135 Å². The molecule has 0 aliphatic heterocycles. The zero-order valence-electron chi connectivity index (χ0n) is 11.7. The Morgan fingerprint density at radius 2 is 2.05 bits per heavy atom. The van der Waals surface area contributed by atoms with Crippen LogP contribution in [0.4, 0.5) is 0 Å². The van der Waals surface area contributed by atoms with E-state index in [1.54, 1.807) is 18.3 Å². The molecule has 4 nitrogen and oxygen atoms in total. The van der Waals surface area contributed by atoms with Crippen LogP contribution < -0.4 is 4.74 Å². The highest BCUT2D eigenvalue weighted by atomic mass is 79.9. The highest BCUT2D eigenvalue weighted by Crippen LogP contribution is 2.27. The van der Waals surface area contributed by atoms with Gasteiger partial charge in [0.1, 0.15) is 11.8 Å². The smallest absolute Gasteiger partial charge is 0.266 e. The van der Waals surface area contributed by atoms with E-state index in [-0.39, 0.29) is 5.91 Å². The molecule has 0 amide bonds. The van der Waals surface area contributed by atoms with Crippen LogP contribution in [0.3, 0.4) is 0 Å². The molecule has 0 fully saturated rings. The van der Waals surface area contributed by atoms with Gasteiger partial charge in [-0.25, -0.2) is 0 Å². The number of methoxy groups -OCH3 is 1. The number of nitriles is 1. The zero-order chi connectivity index (χ0) is 15.7. The number of hydrogen-bond donors (Lipinski definition) is 0. The number of benzene rings is 2. The van der Waals surface area contributed by atoms with Gasteiger partial charge in [0.2, 0.25) is 0 Å². The highest BCUT2D eigenvalue weighted by molar-refractivity contribution is 9.10. The molecule has 0 unspecified atom stereocenters. The van der Waals surface area contributed by atoms with Crippen molar-refractivity contribution in [1.82, 2.24) is 4.57 Å². The van der Waals surface area contributed by atoms with Crippen molar-refractivity contribution in [3.8, 4) is 11.8 Å². The van der Waals surface area contributed by atoms with E-state index in [1.165, 1.54) is 11.7 Å². The molecule has 5 heteroatoms. The summed E-state index contributed by atoms with van der Waals surface area (Å²) in [6.07, 6.45) is 1.56. The first-order valence-corrected chi connectivity index (χ1v) is 7.33. The van der Waals surface area contributed by atoms with E-state index in [0.717, 1.165) is 9.86 Å².